The molecule has 2 atom stereocenters. The molecule has 2 aromatic rings. The topological polar surface area (TPSA) is 105 Å². The normalized spacial score (nSPS) is 21.5. The van der Waals surface area contributed by atoms with Crippen LogP contribution in [0.25, 0.3) is 6.08 Å². The number of carbonyl (C=O) groups excluding carboxylic acids is 1. The number of hydrogen-bond donors (Lipinski definition) is 2. The molecule has 1 amide bonds. The Kier molecular flexibility index (Phi) is 8.15. The molecule has 2 fully saturated rings. The highest BCUT2D eigenvalue weighted by Crippen LogP contribution is 2.26. The van der Waals surface area contributed by atoms with Crippen LogP contribution in [-0.4, -0.2) is 74.7 Å². The molecular weight excluding hydrogens is 442 g/mol. The van der Waals surface area contributed by atoms with Crippen LogP contribution in [0.15, 0.2) is 53.6 Å². The first-order valence-electron chi connectivity index (χ1n) is 12.6. The summed E-state index contributed by atoms with van der Waals surface area (Å²) in [6.45, 7) is 5.89. The highest BCUT2D eigenvalue weighted by atomic mass is 16.3. The van der Waals surface area contributed by atoms with Crippen LogP contribution in [0.5, 0.6) is 0 Å². The van der Waals surface area contributed by atoms with Crippen molar-refractivity contribution in [3.05, 3.63) is 70.4 Å². The van der Waals surface area contributed by atoms with Gasteiger partial charge in [0.15, 0.2) is 0 Å². The fourth-order valence-corrected chi connectivity index (χ4v) is 4.94. The second kappa shape index (κ2) is 11.3. The molecule has 8 heteroatoms. The van der Waals surface area contributed by atoms with Gasteiger partial charge in [-0.05, 0) is 36.8 Å². The summed E-state index contributed by atoms with van der Waals surface area (Å²) in [7, 11) is 0. The summed E-state index contributed by atoms with van der Waals surface area (Å²) in [5.41, 5.74) is 6.47. The molecule has 2 saturated heterocycles. The number of rotatable bonds is 8. The molecule has 3 heterocycles. The van der Waals surface area contributed by atoms with E-state index in [-0.39, 0.29) is 30.0 Å². The smallest absolute Gasteiger partial charge is 0.253 e. The van der Waals surface area contributed by atoms with Crippen molar-refractivity contribution >= 4 is 12.0 Å². The molecule has 0 radical (unpaired) electrons. The molecule has 1 aromatic carbocycles. The molecule has 2 aliphatic rings. The van der Waals surface area contributed by atoms with Crippen molar-refractivity contribution in [1.82, 2.24) is 19.4 Å². The summed E-state index contributed by atoms with van der Waals surface area (Å²) < 4.78 is 1.46. The van der Waals surface area contributed by atoms with Crippen molar-refractivity contribution < 1.29 is 9.90 Å². The Labute approximate surface area is 207 Å². The van der Waals surface area contributed by atoms with E-state index >= 15 is 0 Å². The lowest BCUT2D eigenvalue weighted by Crippen LogP contribution is -2.49. The van der Waals surface area contributed by atoms with Crippen LogP contribution in [0, 0.1) is 0 Å². The number of piperidine rings is 1. The van der Waals surface area contributed by atoms with Crippen LogP contribution >= 0.6 is 0 Å². The molecule has 3 N–H and O–H groups in total. The van der Waals surface area contributed by atoms with Gasteiger partial charge in [0.05, 0.1) is 24.2 Å². The van der Waals surface area contributed by atoms with Gasteiger partial charge in [0, 0.05) is 51.3 Å². The lowest BCUT2D eigenvalue weighted by atomic mass is 9.90. The van der Waals surface area contributed by atoms with Crippen LogP contribution in [0.2, 0.25) is 0 Å². The number of aromatic nitrogens is 2. The molecule has 8 nitrogen and oxygen atoms in total. The number of aliphatic hydroxyl groups is 1. The molecule has 0 saturated carbocycles. The minimum absolute atomic E-state index is 0.106. The van der Waals surface area contributed by atoms with E-state index in [0.717, 1.165) is 31.6 Å². The second-order valence-corrected chi connectivity index (χ2v) is 10.1. The first-order chi connectivity index (χ1) is 16.8. The molecule has 188 valence electrons. The lowest BCUT2D eigenvalue weighted by molar-refractivity contribution is -0.136. The third-order valence-corrected chi connectivity index (χ3v) is 7.22. The van der Waals surface area contributed by atoms with Crippen molar-refractivity contribution in [1.29, 1.82) is 0 Å². The van der Waals surface area contributed by atoms with Gasteiger partial charge in [-0.25, -0.2) is 4.98 Å². The van der Waals surface area contributed by atoms with Crippen molar-refractivity contribution in [2.45, 2.75) is 56.7 Å². The van der Waals surface area contributed by atoms with Crippen molar-refractivity contribution in [3.8, 4) is 0 Å². The number of amides is 1. The summed E-state index contributed by atoms with van der Waals surface area (Å²) in [6, 6.07) is 11.8. The summed E-state index contributed by atoms with van der Waals surface area (Å²) in [4.78, 5) is 33.9. The zero-order chi connectivity index (χ0) is 24.8. The van der Waals surface area contributed by atoms with Gasteiger partial charge in [-0.2, -0.15) is 0 Å². The summed E-state index contributed by atoms with van der Waals surface area (Å²) >= 11 is 0. The van der Waals surface area contributed by atoms with Crippen LogP contribution in [0.4, 0.5) is 0 Å². The van der Waals surface area contributed by atoms with Gasteiger partial charge in [0.25, 0.3) is 5.56 Å². The Bertz CT molecular complexity index is 1080. The van der Waals surface area contributed by atoms with Crippen LogP contribution in [-0.2, 0) is 11.3 Å². The fraction of sp³-hybridized carbons (Fsp3) is 0.519. The molecule has 0 aliphatic carbocycles. The molecule has 1 unspecified atom stereocenters. The molecule has 0 spiro atoms. The number of nitrogens with two attached hydrogens (primary N) is 1. The predicted molar refractivity (Wildman–Crippen MR) is 137 cm³/mol. The maximum absolute atomic E-state index is 12.8. The van der Waals surface area contributed by atoms with Gasteiger partial charge in [0.2, 0.25) is 5.91 Å². The van der Waals surface area contributed by atoms with E-state index in [1.54, 1.807) is 0 Å². The minimum Gasteiger partial charge on any atom is -0.388 e. The second-order valence-electron chi connectivity index (χ2n) is 10.1. The number of likely N-dealkylation sites (tertiary alicyclic amines) is 2. The van der Waals surface area contributed by atoms with Gasteiger partial charge in [0.1, 0.15) is 0 Å². The Morgan fingerprint density at radius 3 is 2.66 bits per heavy atom. The first kappa shape index (κ1) is 25.3. The minimum atomic E-state index is -1.03. The van der Waals surface area contributed by atoms with Crippen LogP contribution in [0.1, 0.15) is 49.8 Å². The fourth-order valence-electron chi connectivity index (χ4n) is 4.94. The van der Waals surface area contributed by atoms with E-state index in [2.05, 4.69) is 16.8 Å². The zero-order valence-electron chi connectivity index (χ0n) is 20.6. The number of hydrogen-bond acceptors (Lipinski definition) is 6. The van der Waals surface area contributed by atoms with Gasteiger partial charge in [-0.15, -0.1) is 0 Å². The van der Waals surface area contributed by atoms with Crippen LogP contribution < -0.4 is 11.3 Å². The Morgan fingerprint density at radius 2 is 2.00 bits per heavy atom. The summed E-state index contributed by atoms with van der Waals surface area (Å²) in [5.74, 6) is 0.254. The summed E-state index contributed by atoms with van der Waals surface area (Å²) in [6.07, 6.45) is 7.70. The molecule has 4 rings (SSSR count). The molecule has 35 heavy (non-hydrogen) atoms. The molecule has 2 aliphatic heterocycles. The SMILES string of the molecule is CC(CC(=O)N1CCC(O)(Cn2cnc(/C=C/CN3CC[C@H](N)C3)cc2=O)CC1)c1ccccc1. The van der Waals surface area contributed by atoms with E-state index in [9.17, 15) is 14.7 Å². The average molecular weight is 480 g/mol. The Hall–Kier alpha value is -2.81. The monoisotopic (exact) mass is 479 g/mol. The molecule has 1 aromatic heterocycles. The van der Waals surface area contributed by atoms with Gasteiger partial charge >= 0.3 is 0 Å². The highest BCUT2D eigenvalue weighted by Gasteiger charge is 2.34. The van der Waals surface area contributed by atoms with Gasteiger partial charge < -0.3 is 15.7 Å². The van der Waals surface area contributed by atoms with E-state index in [1.807, 2.05) is 47.4 Å². The van der Waals surface area contributed by atoms with Crippen molar-refractivity contribution in [2.24, 2.45) is 5.73 Å². The van der Waals surface area contributed by atoms with E-state index in [4.69, 9.17) is 5.73 Å². The van der Waals surface area contributed by atoms with E-state index < -0.39 is 5.60 Å². The lowest BCUT2D eigenvalue weighted by Gasteiger charge is -2.38. The van der Waals surface area contributed by atoms with Crippen LogP contribution in [0.3, 0.4) is 0 Å². The van der Waals surface area contributed by atoms with E-state index in [0.29, 0.717) is 38.0 Å². The molecule has 0 bridgehead atoms. The Morgan fingerprint density at radius 1 is 1.26 bits per heavy atom. The van der Waals surface area contributed by atoms with Crippen molar-refractivity contribution in [3.63, 3.8) is 0 Å². The number of carbonyl (C=O) groups is 1. The van der Waals surface area contributed by atoms with Crippen molar-refractivity contribution in [2.75, 3.05) is 32.7 Å². The average Bonchev–Trinajstić information content (AvgIpc) is 3.26. The molecular formula is C27H37N5O3. The largest absolute Gasteiger partial charge is 0.388 e. The van der Waals surface area contributed by atoms with E-state index in [1.165, 1.54) is 17.0 Å². The Balaban J connectivity index is 1.27. The maximum atomic E-state index is 12.8. The number of nitrogens with zero attached hydrogens (tertiary/aromatic N) is 4. The first-order valence-corrected chi connectivity index (χ1v) is 12.6. The third-order valence-electron chi connectivity index (χ3n) is 7.22. The predicted octanol–water partition coefficient (Wildman–Crippen LogP) is 1.84. The standard InChI is InChI=1S/C27H37N5O3/c1-21(22-6-3-2-4-7-22)16-25(33)31-14-10-27(35,11-15-31)19-32-20-29-24(17-26(32)34)8-5-12-30-13-9-23(28)18-30/h2-8,17,20-21,23,35H,9-16,18-19,28H2,1H3/b8-5+/t21?,23-/m0/s1. The third kappa shape index (κ3) is 6.87. The van der Waals surface area contributed by atoms with Gasteiger partial charge in [-0.3, -0.25) is 19.1 Å². The maximum Gasteiger partial charge on any atom is 0.253 e. The zero-order valence-corrected chi connectivity index (χ0v) is 20.6. The summed E-state index contributed by atoms with van der Waals surface area (Å²) in [5, 5.41) is 11.1. The number of benzene rings is 1. The van der Waals surface area contributed by atoms with Gasteiger partial charge in [-0.1, -0.05) is 43.3 Å². The quantitative estimate of drug-likeness (QED) is 0.599. The highest BCUT2D eigenvalue weighted by molar-refractivity contribution is 5.77.